The molecule has 1 atom stereocenters. The Bertz CT molecular complexity index is 470. The maximum absolute atomic E-state index is 13.1. The summed E-state index contributed by atoms with van der Waals surface area (Å²) < 4.78 is 30.9. The first kappa shape index (κ1) is 16.9. The monoisotopic (exact) mass is 303 g/mol. The van der Waals surface area contributed by atoms with Crippen molar-refractivity contribution in [2.75, 3.05) is 19.4 Å². The average molecular weight is 303 g/mol. The first-order chi connectivity index (χ1) is 9.42. The largest absolute Gasteiger partial charge is 0.465 e. The molecular formula is C14H19F2NO2S. The number of ether oxygens (including phenoxy) is 1. The predicted octanol–water partition coefficient (Wildman–Crippen LogP) is 2.99. The highest BCUT2D eigenvalue weighted by Gasteiger charge is 2.32. The summed E-state index contributed by atoms with van der Waals surface area (Å²) in [5.41, 5.74) is -0.776. The molecule has 0 radical (unpaired) electrons. The van der Waals surface area contributed by atoms with Crippen LogP contribution in [0.25, 0.3) is 0 Å². The van der Waals surface area contributed by atoms with Gasteiger partial charge in [-0.1, -0.05) is 0 Å². The van der Waals surface area contributed by atoms with Crippen molar-refractivity contribution in [1.82, 2.24) is 5.32 Å². The molecule has 0 aliphatic rings. The third kappa shape index (κ3) is 4.45. The van der Waals surface area contributed by atoms with E-state index in [-0.39, 0.29) is 5.97 Å². The van der Waals surface area contributed by atoms with Gasteiger partial charge in [0, 0.05) is 10.6 Å². The fraction of sp³-hybridized carbons (Fsp3) is 0.500. The van der Waals surface area contributed by atoms with Gasteiger partial charge in [0.25, 0.3) is 0 Å². The quantitative estimate of drug-likeness (QED) is 0.621. The highest BCUT2D eigenvalue weighted by molar-refractivity contribution is 7.99. The lowest BCUT2D eigenvalue weighted by atomic mass is 10.00. The minimum Gasteiger partial charge on any atom is -0.465 e. The Hall–Kier alpha value is -1.14. The van der Waals surface area contributed by atoms with Gasteiger partial charge < -0.3 is 10.1 Å². The number of hydrogen-bond donors (Lipinski definition) is 1. The van der Waals surface area contributed by atoms with Crippen LogP contribution in [0.2, 0.25) is 0 Å². The fourth-order valence-corrected chi connectivity index (χ4v) is 2.66. The molecule has 0 amide bonds. The zero-order chi connectivity index (χ0) is 15.2. The highest BCUT2D eigenvalue weighted by Crippen LogP contribution is 2.24. The smallest absolute Gasteiger partial charge is 0.326 e. The molecule has 0 aromatic heterocycles. The van der Waals surface area contributed by atoms with Crippen LogP contribution in [-0.4, -0.2) is 30.9 Å². The van der Waals surface area contributed by atoms with E-state index >= 15 is 0 Å². The summed E-state index contributed by atoms with van der Waals surface area (Å²) in [5, 5.41) is 2.95. The standard InChI is InChI=1S/C14H19F2NO2S/c1-4-19-13(18)14(2,17-3)7-8-20-10-5-6-11(15)12(16)9-10/h5-6,9,17H,4,7-8H2,1-3H3. The summed E-state index contributed by atoms with van der Waals surface area (Å²) in [4.78, 5) is 12.5. The summed E-state index contributed by atoms with van der Waals surface area (Å²) in [6.07, 6.45) is 0.520. The lowest BCUT2D eigenvalue weighted by Crippen LogP contribution is -2.49. The van der Waals surface area contributed by atoms with Crippen molar-refractivity contribution in [2.45, 2.75) is 30.7 Å². The Morgan fingerprint density at radius 2 is 2.10 bits per heavy atom. The number of carbonyl (C=O) groups excluding carboxylic acids is 1. The van der Waals surface area contributed by atoms with Gasteiger partial charge in [0.15, 0.2) is 11.6 Å². The predicted molar refractivity (Wildman–Crippen MR) is 75.8 cm³/mol. The molecule has 0 aliphatic heterocycles. The van der Waals surface area contributed by atoms with Gasteiger partial charge in [-0.15, -0.1) is 11.8 Å². The normalized spacial score (nSPS) is 13.8. The number of benzene rings is 1. The molecular weight excluding hydrogens is 284 g/mol. The Labute approximate surface area is 122 Å². The molecule has 112 valence electrons. The minimum atomic E-state index is -0.864. The SMILES string of the molecule is CCOC(=O)C(C)(CCSc1ccc(F)c(F)c1)NC. The first-order valence-electron chi connectivity index (χ1n) is 6.37. The van der Waals surface area contributed by atoms with Crippen molar-refractivity contribution in [3.8, 4) is 0 Å². The van der Waals surface area contributed by atoms with Crippen LogP contribution in [0, 0.1) is 11.6 Å². The summed E-state index contributed by atoms with van der Waals surface area (Å²) in [6.45, 7) is 3.84. The van der Waals surface area contributed by atoms with E-state index < -0.39 is 17.2 Å². The number of carbonyl (C=O) groups is 1. The van der Waals surface area contributed by atoms with E-state index in [9.17, 15) is 13.6 Å². The molecule has 0 spiro atoms. The van der Waals surface area contributed by atoms with Crippen LogP contribution < -0.4 is 5.32 Å². The zero-order valence-electron chi connectivity index (χ0n) is 11.8. The van der Waals surface area contributed by atoms with Gasteiger partial charge in [0.2, 0.25) is 0 Å². The van der Waals surface area contributed by atoms with E-state index in [0.29, 0.717) is 23.7 Å². The lowest BCUT2D eigenvalue weighted by molar-refractivity contribution is -0.150. The zero-order valence-corrected chi connectivity index (χ0v) is 12.7. The molecule has 3 nitrogen and oxygen atoms in total. The Balaban J connectivity index is 2.56. The fourth-order valence-electron chi connectivity index (χ4n) is 1.56. The molecule has 0 saturated heterocycles. The molecule has 20 heavy (non-hydrogen) atoms. The molecule has 0 heterocycles. The van der Waals surface area contributed by atoms with E-state index in [1.165, 1.54) is 17.8 Å². The molecule has 0 aliphatic carbocycles. The van der Waals surface area contributed by atoms with E-state index in [1.54, 1.807) is 20.9 Å². The maximum Gasteiger partial charge on any atom is 0.326 e. The highest BCUT2D eigenvalue weighted by atomic mass is 32.2. The molecule has 0 bridgehead atoms. The van der Waals surface area contributed by atoms with Gasteiger partial charge in [0.05, 0.1) is 6.61 Å². The number of halogens is 2. The summed E-state index contributed by atoms with van der Waals surface area (Å²) in [6, 6.07) is 3.77. The number of thioether (sulfide) groups is 1. The third-order valence-corrected chi connectivity index (χ3v) is 4.04. The summed E-state index contributed by atoms with van der Waals surface area (Å²) >= 11 is 1.37. The molecule has 1 rings (SSSR count). The average Bonchev–Trinajstić information content (AvgIpc) is 2.42. The van der Waals surface area contributed by atoms with Gasteiger partial charge in [-0.25, -0.2) is 8.78 Å². The lowest BCUT2D eigenvalue weighted by Gasteiger charge is -2.26. The van der Waals surface area contributed by atoms with Crippen molar-refractivity contribution in [3.63, 3.8) is 0 Å². The summed E-state index contributed by atoms with van der Waals surface area (Å²) in [5.74, 6) is -1.45. The van der Waals surface area contributed by atoms with Crippen LogP contribution in [-0.2, 0) is 9.53 Å². The summed E-state index contributed by atoms with van der Waals surface area (Å²) in [7, 11) is 1.69. The number of rotatable bonds is 7. The Kier molecular flexibility index (Phi) is 6.42. The van der Waals surface area contributed by atoms with E-state index in [0.717, 1.165) is 12.1 Å². The van der Waals surface area contributed by atoms with E-state index in [4.69, 9.17) is 4.74 Å². The van der Waals surface area contributed by atoms with Gasteiger partial charge >= 0.3 is 5.97 Å². The van der Waals surface area contributed by atoms with E-state index in [2.05, 4.69) is 5.32 Å². The van der Waals surface area contributed by atoms with Crippen molar-refractivity contribution in [2.24, 2.45) is 0 Å². The van der Waals surface area contributed by atoms with Crippen molar-refractivity contribution in [1.29, 1.82) is 0 Å². The number of likely N-dealkylation sites (N-methyl/N-ethyl adjacent to an activating group) is 1. The van der Waals surface area contributed by atoms with Crippen molar-refractivity contribution in [3.05, 3.63) is 29.8 Å². The van der Waals surface area contributed by atoms with Crippen molar-refractivity contribution >= 4 is 17.7 Å². The van der Waals surface area contributed by atoms with Crippen LogP contribution in [0.1, 0.15) is 20.3 Å². The maximum atomic E-state index is 13.1. The van der Waals surface area contributed by atoms with Crippen LogP contribution in [0.15, 0.2) is 23.1 Å². The number of hydrogen-bond acceptors (Lipinski definition) is 4. The molecule has 0 fully saturated rings. The van der Waals surface area contributed by atoms with E-state index in [1.807, 2.05) is 0 Å². The van der Waals surface area contributed by atoms with Crippen LogP contribution in [0.4, 0.5) is 8.78 Å². The number of nitrogens with one attached hydrogen (secondary N) is 1. The van der Waals surface area contributed by atoms with Gasteiger partial charge in [-0.05, 0) is 45.5 Å². The number of esters is 1. The Morgan fingerprint density at radius 1 is 1.40 bits per heavy atom. The van der Waals surface area contributed by atoms with Gasteiger partial charge in [0.1, 0.15) is 5.54 Å². The minimum absolute atomic E-state index is 0.312. The van der Waals surface area contributed by atoms with Crippen LogP contribution >= 0.6 is 11.8 Å². The molecule has 6 heteroatoms. The molecule has 1 N–H and O–H groups in total. The third-order valence-electron chi connectivity index (χ3n) is 3.04. The van der Waals surface area contributed by atoms with Crippen LogP contribution in [0.5, 0.6) is 0 Å². The molecule has 0 saturated carbocycles. The van der Waals surface area contributed by atoms with Gasteiger partial charge in [-0.3, -0.25) is 4.79 Å². The Morgan fingerprint density at radius 3 is 2.65 bits per heavy atom. The first-order valence-corrected chi connectivity index (χ1v) is 7.35. The van der Waals surface area contributed by atoms with Gasteiger partial charge in [-0.2, -0.15) is 0 Å². The second-order valence-electron chi connectivity index (χ2n) is 4.48. The molecule has 1 aromatic rings. The second-order valence-corrected chi connectivity index (χ2v) is 5.65. The van der Waals surface area contributed by atoms with Crippen LogP contribution in [0.3, 0.4) is 0 Å². The topological polar surface area (TPSA) is 38.3 Å². The van der Waals surface area contributed by atoms with Crippen molar-refractivity contribution < 1.29 is 18.3 Å². The second kappa shape index (κ2) is 7.59. The molecule has 1 aromatic carbocycles. The molecule has 1 unspecified atom stereocenters.